The van der Waals surface area contributed by atoms with E-state index in [0.717, 1.165) is 18.5 Å². The van der Waals surface area contributed by atoms with E-state index in [2.05, 4.69) is 30.8 Å². The summed E-state index contributed by atoms with van der Waals surface area (Å²) in [6.07, 6.45) is 3.45. The molecule has 9 nitrogen and oxygen atoms in total. The summed E-state index contributed by atoms with van der Waals surface area (Å²) in [6, 6.07) is 2.22. The summed E-state index contributed by atoms with van der Waals surface area (Å²) in [4.78, 5) is 12.3. The van der Waals surface area contributed by atoms with E-state index in [-0.39, 0.29) is 12.0 Å². The molecule has 0 fully saturated rings. The molecule has 0 aliphatic heterocycles. The van der Waals surface area contributed by atoms with E-state index in [1.54, 1.807) is 6.20 Å². The van der Waals surface area contributed by atoms with Crippen LogP contribution in [0.3, 0.4) is 0 Å². The standard InChI is InChI=1S/C12H20N8O/c1-3-8-21-12-17-10(16-11(18-12)19-13)14-6-4-9-5-7-15-20(9)2/h5,7H,3-4,6,8,13H2,1-2H3,(H2,14,16,17,18,19). The fourth-order valence-corrected chi connectivity index (χ4v) is 1.71. The Hall–Kier alpha value is -2.42. The minimum atomic E-state index is 0.253. The maximum atomic E-state index is 5.40. The van der Waals surface area contributed by atoms with E-state index in [0.29, 0.717) is 19.1 Å². The van der Waals surface area contributed by atoms with Crippen molar-refractivity contribution in [2.45, 2.75) is 19.8 Å². The number of aryl methyl sites for hydroxylation is 1. The molecule has 2 heterocycles. The zero-order chi connectivity index (χ0) is 15.1. The highest BCUT2D eigenvalue weighted by Gasteiger charge is 2.07. The molecule has 114 valence electrons. The van der Waals surface area contributed by atoms with Gasteiger partial charge in [-0.25, -0.2) is 5.84 Å². The Morgan fingerprint density at radius 1 is 1.29 bits per heavy atom. The van der Waals surface area contributed by atoms with Crippen LogP contribution in [-0.4, -0.2) is 37.9 Å². The predicted octanol–water partition coefficient (Wildman–Crippen LogP) is 0.334. The molecule has 0 amide bonds. The number of rotatable bonds is 8. The summed E-state index contributed by atoms with van der Waals surface area (Å²) >= 11 is 0. The van der Waals surface area contributed by atoms with Gasteiger partial charge < -0.3 is 10.1 Å². The molecule has 0 bridgehead atoms. The highest BCUT2D eigenvalue weighted by molar-refractivity contribution is 5.35. The van der Waals surface area contributed by atoms with Gasteiger partial charge in [-0.3, -0.25) is 10.1 Å². The van der Waals surface area contributed by atoms with Gasteiger partial charge in [0, 0.05) is 31.9 Å². The third-order valence-corrected chi connectivity index (χ3v) is 2.77. The van der Waals surface area contributed by atoms with Gasteiger partial charge in [0.2, 0.25) is 11.9 Å². The average molecular weight is 292 g/mol. The van der Waals surface area contributed by atoms with Gasteiger partial charge in [0.25, 0.3) is 0 Å². The third kappa shape index (κ3) is 4.28. The molecule has 0 unspecified atom stereocenters. The van der Waals surface area contributed by atoms with Crippen molar-refractivity contribution in [2.24, 2.45) is 12.9 Å². The van der Waals surface area contributed by atoms with Crippen LogP contribution in [0.2, 0.25) is 0 Å². The van der Waals surface area contributed by atoms with Crippen LogP contribution in [0.5, 0.6) is 6.01 Å². The molecular weight excluding hydrogens is 272 g/mol. The number of hydrogen-bond acceptors (Lipinski definition) is 8. The van der Waals surface area contributed by atoms with Crippen molar-refractivity contribution in [2.75, 3.05) is 23.9 Å². The first-order valence-corrected chi connectivity index (χ1v) is 6.79. The molecule has 0 radical (unpaired) electrons. The molecular formula is C12H20N8O. The Morgan fingerprint density at radius 2 is 2.10 bits per heavy atom. The highest BCUT2D eigenvalue weighted by atomic mass is 16.5. The molecule has 0 aromatic carbocycles. The van der Waals surface area contributed by atoms with Gasteiger partial charge in [-0.2, -0.15) is 20.1 Å². The van der Waals surface area contributed by atoms with Crippen LogP contribution in [-0.2, 0) is 13.5 Å². The van der Waals surface area contributed by atoms with Crippen LogP contribution in [0.4, 0.5) is 11.9 Å². The molecule has 21 heavy (non-hydrogen) atoms. The number of hydrogen-bond donors (Lipinski definition) is 3. The lowest BCUT2D eigenvalue weighted by molar-refractivity contribution is 0.292. The summed E-state index contributed by atoms with van der Waals surface area (Å²) in [5.41, 5.74) is 3.52. The number of nitrogen functional groups attached to an aromatic ring is 1. The molecule has 0 saturated carbocycles. The summed E-state index contributed by atoms with van der Waals surface area (Å²) in [5, 5.41) is 7.24. The molecule has 2 aromatic heterocycles. The zero-order valence-corrected chi connectivity index (χ0v) is 12.2. The van der Waals surface area contributed by atoms with Crippen molar-refractivity contribution < 1.29 is 4.74 Å². The predicted molar refractivity (Wildman–Crippen MR) is 78.8 cm³/mol. The maximum Gasteiger partial charge on any atom is 0.323 e. The van der Waals surface area contributed by atoms with Crippen LogP contribution in [0.25, 0.3) is 0 Å². The quantitative estimate of drug-likeness (QED) is 0.471. The molecule has 0 atom stereocenters. The number of ether oxygens (including phenoxy) is 1. The van der Waals surface area contributed by atoms with Gasteiger partial charge in [-0.05, 0) is 12.5 Å². The van der Waals surface area contributed by atoms with Crippen molar-refractivity contribution in [1.29, 1.82) is 0 Å². The molecule has 2 aromatic rings. The lowest BCUT2D eigenvalue weighted by Crippen LogP contribution is -2.16. The van der Waals surface area contributed by atoms with Gasteiger partial charge in [0.1, 0.15) is 0 Å². The molecule has 0 aliphatic carbocycles. The number of nitrogens with one attached hydrogen (secondary N) is 2. The van der Waals surface area contributed by atoms with Crippen molar-refractivity contribution >= 4 is 11.9 Å². The van der Waals surface area contributed by atoms with Gasteiger partial charge in [-0.1, -0.05) is 6.92 Å². The lowest BCUT2D eigenvalue weighted by atomic mass is 10.3. The van der Waals surface area contributed by atoms with Crippen molar-refractivity contribution in [1.82, 2.24) is 24.7 Å². The minimum absolute atomic E-state index is 0.253. The smallest absolute Gasteiger partial charge is 0.323 e. The van der Waals surface area contributed by atoms with Gasteiger partial charge in [-0.15, -0.1) is 0 Å². The van der Waals surface area contributed by atoms with Crippen molar-refractivity contribution in [3.8, 4) is 6.01 Å². The first kappa shape index (κ1) is 15.0. The molecule has 0 aliphatic rings. The van der Waals surface area contributed by atoms with Crippen LogP contribution in [0.1, 0.15) is 19.0 Å². The second-order valence-corrected chi connectivity index (χ2v) is 4.38. The highest BCUT2D eigenvalue weighted by Crippen LogP contribution is 2.10. The van der Waals surface area contributed by atoms with Gasteiger partial charge in [0.05, 0.1) is 6.61 Å². The monoisotopic (exact) mass is 292 g/mol. The summed E-state index contributed by atoms with van der Waals surface area (Å²) in [6.45, 7) is 3.22. The average Bonchev–Trinajstić information content (AvgIpc) is 2.90. The molecule has 2 rings (SSSR count). The summed E-state index contributed by atoms with van der Waals surface area (Å²) in [7, 11) is 1.91. The van der Waals surface area contributed by atoms with Crippen molar-refractivity contribution in [3.63, 3.8) is 0 Å². The Kier molecular flexibility index (Phi) is 5.27. The first-order valence-electron chi connectivity index (χ1n) is 6.79. The van der Waals surface area contributed by atoms with Crippen LogP contribution in [0, 0.1) is 0 Å². The third-order valence-electron chi connectivity index (χ3n) is 2.77. The minimum Gasteiger partial charge on any atom is -0.463 e. The number of aromatic nitrogens is 5. The fourth-order valence-electron chi connectivity index (χ4n) is 1.71. The van der Waals surface area contributed by atoms with E-state index in [4.69, 9.17) is 10.6 Å². The number of anilines is 2. The van der Waals surface area contributed by atoms with E-state index in [1.807, 2.05) is 24.7 Å². The van der Waals surface area contributed by atoms with E-state index < -0.39 is 0 Å². The topological polar surface area (TPSA) is 116 Å². The Balaban J connectivity index is 1.96. The molecule has 0 spiro atoms. The van der Waals surface area contributed by atoms with Crippen LogP contribution >= 0.6 is 0 Å². The van der Waals surface area contributed by atoms with Gasteiger partial charge in [0.15, 0.2) is 0 Å². The first-order chi connectivity index (χ1) is 10.2. The summed E-state index contributed by atoms with van der Waals surface area (Å²) < 4.78 is 7.23. The van der Waals surface area contributed by atoms with Crippen LogP contribution in [0.15, 0.2) is 12.3 Å². The second-order valence-electron chi connectivity index (χ2n) is 4.38. The zero-order valence-electron chi connectivity index (χ0n) is 12.2. The lowest BCUT2D eigenvalue weighted by Gasteiger charge is -2.09. The van der Waals surface area contributed by atoms with E-state index >= 15 is 0 Å². The maximum absolute atomic E-state index is 5.40. The largest absolute Gasteiger partial charge is 0.463 e. The number of nitrogens with zero attached hydrogens (tertiary/aromatic N) is 5. The van der Waals surface area contributed by atoms with Crippen molar-refractivity contribution in [3.05, 3.63) is 18.0 Å². The fraction of sp³-hybridized carbons (Fsp3) is 0.500. The number of nitrogens with two attached hydrogens (primary N) is 1. The van der Waals surface area contributed by atoms with Gasteiger partial charge >= 0.3 is 6.01 Å². The summed E-state index contributed by atoms with van der Waals surface area (Å²) in [5.74, 6) is 6.03. The van der Waals surface area contributed by atoms with E-state index in [9.17, 15) is 0 Å². The number of hydrazine groups is 1. The molecule has 4 N–H and O–H groups in total. The Labute approximate surface area is 122 Å². The second kappa shape index (κ2) is 7.39. The Bertz CT molecular complexity index is 570. The molecule has 9 heteroatoms. The van der Waals surface area contributed by atoms with E-state index in [1.165, 1.54) is 0 Å². The normalized spacial score (nSPS) is 10.4. The van der Waals surface area contributed by atoms with Crippen LogP contribution < -0.4 is 21.3 Å². The molecule has 0 saturated heterocycles. The SMILES string of the molecule is CCCOc1nc(NN)nc(NCCc2ccnn2C)n1. The Morgan fingerprint density at radius 3 is 2.76 bits per heavy atom.